The lowest BCUT2D eigenvalue weighted by molar-refractivity contribution is 0.0923. The van der Waals surface area contributed by atoms with E-state index in [0.29, 0.717) is 11.1 Å². The van der Waals surface area contributed by atoms with Gasteiger partial charge >= 0.3 is 0 Å². The lowest BCUT2D eigenvalue weighted by Crippen LogP contribution is -2.30. The first-order valence-electron chi connectivity index (χ1n) is 4.77. The van der Waals surface area contributed by atoms with E-state index in [1.807, 2.05) is 0 Å². The summed E-state index contributed by atoms with van der Waals surface area (Å²) in [5, 5.41) is 21.0. The molecule has 0 radical (unpaired) electrons. The first-order valence-corrected chi connectivity index (χ1v) is 4.77. The Morgan fingerprint density at radius 2 is 2.20 bits per heavy atom. The second-order valence-electron chi connectivity index (χ2n) is 3.51. The molecule has 0 saturated heterocycles. The van der Waals surface area contributed by atoms with Crippen LogP contribution in [0.2, 0.25) is 0 Å². The number of nitrogens with one attached hydrogen (secondary N) is 1. The Morgan fingerprint density at radius 3 is 2.80 bits per heavy atom. The second kappa shape index (κ2) is 4.79. The van der Waals surface area contributed by atoms with Crippen LogP contribution in [0.5, 0.6) is 5.75 Å². The average molecular weight is 209 g/mol. The van der Waals surface area contributed by atoms with E-state index >= 15 is 0 Å². The van der Waals surface area contributed by atoms with Crippen LogP contribution in [0.1, 0.15) is 22.8 Å². The fourth-order valence-electron chi connectivity index (χ4n) is 1.21. The van der Waals surface area contributed by atoms with E-state index in [4.69, 9.17) is 5.11 Å². The molecule has 0 saturated carbocycles. The van der Waals surface area contributed by atoms with Gasteiger partial charge in [0.1, 0.15) is 5.75 Å². The topological polar surface area (TPSA) is 69.6 Å². The number of rotatable bonds is 3. The van der Waals surface area contributed by atoms with E-state index < -0.39 is 6.10 Å². The Morgan fingerprint density at radius 1 is 1.53 bits per heavy atom. The molecular formula is C11H15NO3. The maximum absolute atomic E-state index is 11.6. The van der Waals surface area contributed by atoms with Crippen LogP contribution in [-0.2, 0) is 0 Å². The second-order valence-corrected chi connectivity index (χ2v) is 3.51. The minimum Gasteiger partial charge on any atom is -0.508 e. The number of phenols is 1. The van der Waals surface area contributed by atoms with Crippen molar-refractivity contribution in [3.63, 3.8) is 0 Å². The molecule has 1 rings (SSSR count). The molecule has 1 amide bonds. The third-order valence-corrected chi connectivity index (χ3v) is 2.11. The Balaban J connectivity index is 2.78. The molecule has 0 aliphatic carbocycles. The summed E-state index contributed by atoms with van der Waals surface area (Å²) in [6.45, 7) is 3.47. The van der Waals surface area contributed by atoms with Gasteiger partial charge < -0.3 is 15.5 Å². The quantitative estimate of drug-likeness (QED) is 0.690. The minimum absolute atomic E-state index is 0.0969. The molecular weight excluding hydrogens is 194 g/mol. The summed E-state index contributed by atoms with van der Waals surface area (Å²) in [6, 6.07) is 4.77. The number of aromatic hydroxyl groups is 1. The monoisotopic (exact) mass is 209 g/mol. The maximum atomic E-state index is 11.6. The number of benzene rings is 1. The predicted molar refractivity (Wildman–Crippen MR) is 56.9 cm³/mol. The van der Waals surface area contributed by atoms with E-state index in [9.17, 15) is 9.90 Å². The predicted octanol–water partition coefficient (Wildman–Crippen LogP) is 0.811. The molecule has 0 aromatic heterocycles. The van der Waals surface area contributed by atoms with Gasteiger partial charge in [-0.25, -0.2) is 0 Å². The molecule has 0 aliphatic rings. The molecule has 4 heteroatoms. The van der Waals surface area contributed by atoms with Crippen LogP contribution >= 0.6 is 0 Å². The van der Waals surface area contributed by atoms with Crippen LogP contribution in [0.3, 0.4) is 0 Å². The first kappa shape index (κ1) is 11.5. The van der Waals surface area contributed by atoms with Gasteiger partial charge in [-0.05, 0) is 26.0 Å². The molecule has 1 atom stereocenters. The SMILES string of the molecule is Cc1c(O)cccc1C(=O)NC[C@@H](C)O. The smallest absolute Gasteiger partial charge is 0.251 e. The summed E-state index contributed by atoms with van der Waals surface area (Å²) in [5.41, 5.74) is 0.969. The van der Waals surface area contributed by atoms with Crippen molar-refractivity contribution in [2.24, 2.45) is 0 Å². The summed E-state index contributed by atoms with van der Waals surface area (Å²) >= 11 is 0. The van der Waals surface area contributed by atoms with Gasteiger partial charge in [-0.1, -0.05) is 6.07 Å². The highest BCUT2D eigenvalue weighted by Crippen LogP contribution is 2.19. The molecule has 1 aromatic carbocycles. The number of hydrogen-bond donors (Lipinski definition) is 3. The molecule has 0 spiro atoms. The zero-order chi connectivity index (χ0) is 11.4. The van der Waals surface area contributed by atoms with Gasteiger partial charge in [-0.15, -0.1) is 0 Å². The summed E-state index contributed by atoms with van der Waals surface area (Å²) in [4.78, 5) is 11.6. The molecule has 1 aromatic rings. The van der Waals surface area contributed by atoms with Gasteiger partial charge in [-0.2, -0.15) is 0 Å². The molecule has 0 fully saturated rings. The Bertz CT molecular complexity index is 361. The third-order valence-electron chi connectivity index (χ3n) is 2.11. The van der Waals surface area contributed by atoms with Crippen molar-refractivity contribution < 1.29 is 15.0 Å². The Hall–Kier alpha value is -1.55. The van der Waals surface area contributed by atoms with E-state index in [1.165, 1.54) is 6.07 Å². The molecule has 82 valence electrons. The highest BCUT2D eigenvalue weighted by Gasteiger charge is 2.11. The van der Waals surface area contributed by atoms with Crippen molar-refractivity contribution in [3.8, 4) is 5.75 Å². The van der Waals surface area contributed by atoms with Crippen LogP contribution in [0.15, 0.2) is 18.2 Å². The van der Waals surface area contributed by atoms with Crippen LogP contribution in [-0.4, -0.2) is 28.8 Å². The fraction of sp³-hybridized carbons (Fsp3) is 0.364. The molecule has 0 bridgehead atoms. The number of carbonyl (C=O) groups excluding carboxylic acids is 1. The number of phenolic OH excluding ortho intramolecular Hbond substituents is 1. The Kier molecular flexibility index (Phi) is 3.68. The van der Waals surface area contributed by atoms with E-state index in [1.54, 1.807) is 26.0 Å². The zero-order valence-corrected chi connectivity index (χ0v) is 8.82. The van der Waals surface area contributed by atoms with Gasteiger partial charge in [0.25, 0.3) is 5.91 Å². The van der Waals surface area contributed by atoms with Crippen LogP contribution in [0.4, 0.5) is 0 Å². The van der Waals surface area contributed by atoms with Crippen molar-refractivity contribution >= 4 is 5.91 Å². The van der Waals surface area contributed by atoms with Crippen molar-refractivity contribution in [2.45, 2.75) is 20.0 Å². The largest absolute Gasteiger partial charge is 0.508 e. The number of carbonyl (C=O) groups is 1. The molecule has 0 heterocycles. The van der Waals surface area contributed by atoms with Crippen molar-refractivity contribution in [1.29, 1.82) is 0 Å². The Labute approximate surface area is 88.6 Å². The summed E-state index contributed by atoms with van der Waals surface area (Å²) in [5.74, 6) is -0.191. The van der Waals surface area contributed by atoms with Crippen molar-refractivity contribution in [3.05, 3.63) is 29.3 Å². The number of hydrogen-bond acceptors (Lipinski definition) is 3. The van der Waals surface area contributed by atoms with E-state index in [-0.39, 0.29) is 18.2 Å². The van der Waals surface area contributed by atoms with Gasteiger partial charge in [0.05, 0.1) is 6.10 Å². The average Bonchev–Trinajstić information content (AvgIpc) is 2.18. The van der Waals surface area contributed by atoms with E-state index in [2.05, 4.69) is 5.32 Å². The summed E-state index contributed by atoms with van der Waals surface area (Å²) < 4.78 is 0. The minimum atomic E-state index is -0.577. The molecule has 15 heavy (non-hydrogen) atoms. The number of aliphatic hydroxyl groups excluding tert-OH is 1. The highest BCUT2D eigenvalue weighted by molar-refractivity contribution is 5.96. The summed E-state index contributed by atoms with van der Waals surface area (Å²) in [7, 11) is 0. The number of amides is 1. The van der Waals surface area contributed by atoms with Gasteiger partial charge in [0, 0.05) is 17.7 Å². The van der Waals surface area contributed by atoms with Gasteiger partial charge in [0.15, 0.2) is 0 Å². The fourth-order valence-corrected chi connectivity index (χ4v) is 1.21. The van der Waals surface area contributed by atoms with Crippen LogP contribution in [0.25, 0.3) is 0 Å². The highest BCUT2D eigenvalue weighted by atomic mass is 16.3. The molecule has 0 aliphatic heterocycles. The number of aliphatic hydroxyl groups is 1. The lowest BCUT2D eigenvalue weighted by Gasteiger charge is -2.09. The zero-order valence-electron chi connectivity index (χ0n) is 8.82. The normalized spacial score (nSPS) is 12.2. The van der Waals surface area contributed by atoms with Crippen molar-refractivity contribution in [2.75, 3.05) is 6.54 Å². The standard InChI is InChI=1S/C11H15NO3/c1-7(13)6-12-11(15)9-4-3-5-10(14)8(9)2/h3-5,7,13-14H,6H2,1-2H3,(H,12,15)/t7-/m1/s1. The van der Waals surface area contributed by atoms with Crippen molar-refractivity contribution in [1.82, 2.24) is 5.32 Å². The van der Waals surface area contributed by atoms with E-state index in [0.717, 1.165) is 0 Å². The van der Waals surface area contributed by atoms with Gasteiger partial charge in [-0.3, -0.25) is 4.79 Å². The molecule has 0 unspecified atom stereocenters. The molecule has 4 nitrogen and oxygen atoms in total. The van der Waals surface area contributed by atoms with Crippen LogP contribution < -0.4 is 5.32 Å². The first-order chi connectivity index (χ1) is 7.02. The third kappa shape index (κ3) is 2.95. The van der Waals surface area contributed by atoms with Crippen LogP contribution in [0, 0.1) is 6.92 Å². The molecule has 3 N–H and O–H groups in total. The maximum Gasteiger partial charge on any atom is 0.251 e. The summed E-state index contributed by atoms with van der Waals surface area (Å²) in [6.07, 6.45) is -0.577. The lowest BCUT2D eigenvalue weighted by atomic mass is 10.1. The van der Waals surface area contributed by atoms with Gasteiger partial charge in [0.2, 0.25) is 0 Å².